The molecule has 80 valence electrons. The average Bonchev–Trinajstić information content (AvgIpc) is 2.07. The summed E-state index contributed by atoms with van der Waals surface area (Å²) >= 11 is 0. The van der Waals surface area contributed by atoms with E-state index in [4.69, 9.17) is 5.11 Å². The van der Waals surface area contributed by atoms with Crippen LogP contribution in [0.3, 0.4) is 0 Å². The van der Waals surface area contributed by atoms with E-state index in [0.29, 0.717) is 12.5 Å². The lowest BCUT2D eigenvalue weighted by molar-refractivity contribution is -0.144. The van der Waals surface area contributed by atoms with Gasteiger partial charge in [0.25, 0.3) is 0 Å². The summed E-state index contributed by atoms with van der Waals surface area (Å²) in [6, 6.07) is -0.619. The van der Waals surface area contributed by atoms with E-state index in [-0.39, 0.29) is 19.0 Å². The highest BCUT2D eigenvalue weighted by Gasteiger charge is 2.29. The minimum Gasteiger partial charge on any atom is -0.480 e. The summed E-state index contributed by atoms with van der Waals surface area (Å²) in [5, 5.41) is 11.5. The molecule has 1 aliphatic heterocycles. The quantitative estimate of drug-likeness (QED) is 0.646. The highest BCUT2D eigenvalue weighted by atomic mass is 16.4. The molecule has 1 fully saturated rings. The molecule has 2 N–H and O–H groups in total. The lowest BCUT2D eigenvalue weighted by Gasteiger charge is -2.32. The number of hydrogen-bond acceptors (Lipinski definition) is 3. The van der Waals surface area contributed by atoms with Crippen molar-refractivity contribution in [1.82, 2.24) is 10.2 Å². The van der Waals surface area contributed by atoms with Gasteiger partial charge >= 0.3 is 5.97 Å². The van der Waals surface area contributed by atoms with Crippen LogP contribution in [0.5, 0.6) is 0 Å². The van der Waals surface area contributed by atoms with Gasteiger partial charge in [0.15, 0.2) is 0 Å². The average molecular weight is 200 g/mol. The van der Waals surface area contributed by atoms with Crippen molar-refractivity contribution >= 4 is 11.9 Å². The first kappa shape index (κ1) is 11.0. The summed E-state index contributed by atoms with van der Waals surface area (Å²) < 4.78 is 0. The van der Waals surface area contributed by atoms with Crippen molar-refractivity contribution < 1.29 is 14.7 Å². The maximum Gasteiger partial charge on any atom is 0.322 e. The van der Waals surface area contributed by atoms with E-state index >= 15 is 0 Å². The van der Waals surface area contributed by atoms with E-state index in [1.165, 1.54) is 0 Å². The molecule has 0 aromatic heterocycles. The molecule has 0 radical (unpaired) electrons. The fourth-order valence-electron chi connectivity index (χ4n) is 1.49. The monoisotopic (exact) mass is 200 g/mol. The standard InChI is InChI=1S/C9H16N2O3/c1-6(2)4-11-5-7(9(13)14)10-3-8(11)12/h6-7,10H,3-5H2,1-2H3,(H,13,14). The van der Waals surface area contributed by atoms with Crippen LogP contribution >= 0.6 is 0 Å². The van der Waals surface area contributed by atoms with Crippen LogP contribution in [0.15, 0.2) is 0 Å². The van der Waals surface area contributed by atoms with Crippen molar-refractivity contribution in [1.29, 1.82) is 0 Å². The van der Waals surface area contributed by atoms with Crippen LogP contribution in [-0.2, 0) is 9.59 Å². The number of rotatable bonds is 3. The minimum atomic E-state index is -0.897. The molecule has 1 amide bonds. The Bertz CT molecular complexity index is 240. The van der Waals surface area contributed by atoms with Crippen LogP contribution in [0.4, 0.5) is 0 Å². The number of carbonyl (C=O) groups excluding carboxylic acids is 1. The SMILES string of the molecule is CC(C)CN1CC(C(=O)O)NCC1=O. The number of carboxylic acids is 1. The zero-order valence-corrected chi connectivity index (χ0v) is 8.49. The zero-order chi connectivity index (χ0) is 10.7. The molecule has 0 bridgehead atoms. The first-order valence-electron chi connectivity index (χ1n) is 4.74. The molecule has 0 aromatic carbocycles. The maximum atomic E-state index is 11.4. The van der Waals surface area contributed by atoms with Gasteiger partial charge in [-0.2, -0.15) is 0 Å². The van der Waals surface area contributed by atoms with Crippen LogP contribution < -0.4 is 5.32 Å². The Labute approximate surface area is 83.1 Å². The molecular weight excluding hydrogens is 184 g/mol. The fraction of sp³-hybridized carbons (Fsp3) is 0.778. The third-order valence-corrected chi connectivity index (χ3v) is 2.14. The lowest BCUT2D eigenvalue weighted by atomic mass is 10.1. The molecule has 1 saturated heterocycles. The number of carbonyl (C=O) groups is 2. The lowest BCUT2D eigenvalue weighted by Crippen LogP contribution is -2.57. The molecule has 1 rings (SSSR count). The number of piperazine rings is 1. The van der Waals surface area contributed by atoms with Crippen molar-refractivity contribution in [2.45, 2.75) is 19.9 Å². The van der Waals surface area contributed by atoms with Crippen molar-refractivity contribution in [2.24, 2.45) is 5.92 Å². The Morgan fingerprint density at radius 1 is 1.71 bits per heavy atom. The molecule has 0 aliphatic carbocycles. The Hall–Kier alpha value is -1.10. The second-order valence-electron chi connectivity index (χ2n) is 3.96. The first-order valence-corrected chi connectivity index (χ1v) is 4.74. The molecule has 5 heteroatoms. The zero-order valence-electron chi connectivity index (χ0n) is 8.49. The third-order valence-electron chi connectivity index (χ3n) is 2.14. The topological polar surface area (TPSA) is 69.6 Å². The second kappa shape index (κ2) is 4.41. The smallest absolute Gasteiger partial charge is 0.322 e. The van der Waals surface area contributed by atoms with Crippen molar-refractivity contribution in [3.05, 3.63) is 0 Å². The predicted octanol–water partition coefficient (Wildman–Crippen LogP) is -0.473. The molecule has 0 saturated carbocycles. The van der Waals surface area contributed by atoms with Crippen LogP contribution in [0.2, 0.25) is 0 Å². The largest absolute Gasteiger partial charge is 0.480 e. The van der Waals surface area contributed by atoms with Crippen LogP contribution in [-0.4, -0.2) is 47.6 Å². The van der Waals surface area contributed by atoms with Crippen LogP contribution in [0, 0.1) is 5.92 Å². The summed E-state index contributed by atoms with van der Waals surface area (Å²) in [6.07, 6.45) is 0. The van der Waals surface area contributed by atoms with Crippen LogP contribution in [0.25, 0.3) is 0 Å². The van der Waals surface area contributed by atoms with Gasteiger partial charge in [0.05, 0.1) is 6.54 Å². The van der Waals surface area contributed by atoms with Gasteiger partial charge in [-0.1, -0.05) is 13.8 Å². The summed E-state index contributed by atoms with van der Waals surface area (Å²) in [5.74, 6) is -0.547. The van der Waals surface area contributed by atoms with Gasteiger partial charge in [0.2, 0.25) is 5.91 Å². The molecule has 1 heterocycles. The molecule has 0 aromatic rings. The summed E-state index contributed by atoms with van der Waals surface area (Å²) in [7, 11) is 0. The highest BCUT2D eigenvalue weighted by Crippen LogP contribution is 2.05. The Morgan fingerprint density at radius 3 is 2.86 bits per heavy atom. The third kappa shape index (κ3) is 2.70. The van der Waals surface area contributed by atoms with E-state index in [2.05, 4.69) is 5.32 Å². The first-order chi connectivity index (χ1) is 6.50. The fourth-order valence-corrected chi connectivity index (χ4v) is 1.49. The molecule has 5 nitrogen and oxygen atoms in total. The molecule has 14 heavy (non-hydrogen) atoms. The summed E-state index contributed by atoms with van der Waals surface area (Å²) in [5.41, 5.74) is 0. The van der Waals surface area contributed by atoms with E-state index in [9.17, 15) is 9.59 Å². The van der Waals surface area contributed by atoms with Gasteiger partial charge in [-0.3, -0.25) is 14.9 Å². The Kier molecular flexibility index (Phi) is 3.46. The highest BCUT2D eigenvalue weighted by molar-refractivity contribution is 5.83. The number of aliphatic carboxylic acids is 1. The molecule has 1 atom stereocenters. The van der Waals surface area contributed by atoms with Crippen LogP contribution in [0.1, 0.15) is 13.8 Å². The van der Waals surface area contributed by atoms with Crippen molar-refractivity contribution in [3.8, 4) is 0 Å². The van der Waals surface area contributed by atoms with Gasteiger partial charge in [-0.05, 0) is 5.92 Å². The normalized spacial score (nSPS) is 22.9. The van der Waals surface area contributed by atoms with Gasteiger partial charge in [0.1, 0.15) is 6.04 Å². The number of nitrogens with one attached hydrogen (secondary N) is 1. The van der Waals surface area contributed by atoms with Gasteiger partial charge in [-0.25, -0.2) is 0 Å². The molecular formula is C9H16N2O3. The number of hydrogen-bond donors (Lipinski definition) is 2. The summed E-state index contributed by atoms with van der Waals surface area (Å²) in [6.45, 7) is 5.04. The van der Waals surface area contributed by atoms with Crippen molar-refractivity contribution in [3.63, 3.8) is 0 Å². The number of carboxylic acid groups (broad SMARTS) is 1. The van der Waals surface area contributed by atoms with Gasteiger partial charge in [-0.15, -0.1) is 0 Å². The van der Waals surface area contributed by atoms with Gasteiger partial charge in [0, 0.05) is 13.1 Å². The number of nitrogens with zero attached hydrogens (tertiary/aromatic N) is 1. The minimum absolute atomic E-state index is 0.0174. The maximum absolute atomic E-state index is 11.4. The predicted molar refractivity (Wildman–Crippen MR) is 50.8 cm³/mol. The van der Waals surface area contributed by atoms with Crippen molar-refractivity contribution in [2.75, 3.05) is 19.6 Å². The molecule has 1 aliphatic rings. The summed E-state index contributed by atoms with van der Waals surface area (Å²) in [4.78, 5) is 23.7. The molecule has 1 unspecified atom stereocenters. The Morgan fingerprint density at radius 2 is 2.36 bits per heavy atom. The molecule has 0 spiro atoms. The van der Waals surface area contributed by atoms with E-state index in [1.807, 2.05) is 13.8 Å². The second-order valence-corrected chi connectivity index (χ2v) is 3.96. The van der Waals surface area contributed by atoms with Gasteiger partial charge < -0.3 is 10.0 Å². The van der Waals surface area contributed by atoms with E-state index < -0.39 is 12.0 Å². The van der Waals surface area contributed by atoms with E-state index in [0.717, 1.165) is 0 Å². The number of amides is 1. The van der Waals surface area contributed by atoms with E-state index in [1.54, 1.807) is 4.90 Å². The Balaban J connectivity index is 2.55.